The normalized spacial score (nSPS) is 16.3. The van der Waals surface area contributed by atoms with Crippen molar-refractivity contribution in [3.05, 3.63) is 52.0 Å². The van der Waals surface area contributed by atoms with Crippen LogP contribution in [0.1, 0.15) is 24.4 Å². The highest BCUT2D eigenvalue weighted by atomic mass is 32.2. The number of carbonyl (C=O) groups excluding carboxylic acids is 2. The number of nitrogens with zero attached hydrogens (tertiary/aromatic N) is 2. The zero-order valence-corrected chi connectivity index (χ0v) is 19.7. The second-order valence-electron chi connectivity index (χ2n) is 8.07. The Bertz CT molecular complexity index is 1320. The maximum absolute atomic E-state index is 13.1. The number of piperazine rings is 1. The van der Waals surface area contributed by atoms with E-state index in [4.69, 9.17) is 4.42 Å². The predicted octanol–water partition coefficient (Wildman–Crippen LogP) is 1.47. The Morgan fingerprint density at radius 2 is 1.88 bits per heavy atom. The van der Waals surface area contributed by atoms with Crippen LogP contribution in [0.2, 0.25) is 0 Å². The van der Waals surface area contributed by atoms with E-state index in [1.807, 2.05) is 13.8 Å². The summed E-state index contributed by atoms with van der Waals surface area (Å²) in [6, 6.07) is 6.89. The Hall–Kier alpha value is -2.96. The fraction of sp³-hybridized carbons (Fsp3) is 0.381. The van der Waals surface area contributed by atoms with Gasteiger partial charge in [0, 0.05) is 26.2 Å². The second-order valence-corrected chi connectivity index (χ2v) is 11.0. The van der Waals surface area contributed by atoms with Crippen molar-refractivity contribution >= 4 is 43.4 Å². The van der Waals surface area contributed by atoms with E-state index in [0.29, 0.717) is 10.2 Å². The van der Waals surface area contributed by atoms with Crippen LogP contribution < -0.4 is 10.2 Å². The molecule has 2 amide bonds. The van der Waals surface area contributed by atoms with E-state index in [0.717, 1.165) is 11.3 Å². The number of hydrogen-bond acceptors (Lipinski definition) is 7. The number of amides is 2. The summed E-state index contributed by atoms with van der Waals surface area (Å²) < 4.78 is 33.2. The van der Waals surface area contributed by atoms with Crippen LogP contribution in [0.5, 0.6) is 0 Å². The number of aromatic nitrogens is 1. The quantitative estimate of drug-likeness (QED) is 0.535. The number of rotatable bonds is 6. The third-order valence-corrected chi connectivity index (χ3v) is 8.28. The van der Waals surface area contributed by atoms with Gasteiger partial charge in [0.25, 0.3) is 5.91 Å². The van der Waals surface area contributed by atoms with Crippen molar-refractivity contribution < 1.29 is 22.4 Å². The van der Waals surface area contributed by atoms with Crippen LogP contribution in [-0.2, 0) is 14.8 Å². The molecule has 1 aromatic carbocycles. The highest BCUT2D eigenvalue weighted by Gasteiger charge is 2.34. The predicted molar refractivity (Wildman–Crippen MR) is 123 cm³/mol. The number of carbonyl (C=O) groups is 2. The zero-order chi connectivity index (χ0) is 23.8. The molecule has 0 aliphatic carbocycles. The number of H-pyrrole nitrogens is 1. The van der Waals surface area contributed by atoms with E-state index in [9.17, 15) is 22.8 Å². The first-order chi connectivity index (χ1) is 15.7. The van der Waals surface area contributed by atoms with Crippen LogP contribution in [0.3, 0.4) is 0 Å². The number of sulfonamides is 1. The number of nitrogens with one attached hydrogen (secondary N) is 2. The minimum atomic E-state index is -3.77. The molecule has 176 valence electrons. The van der Waals surface area contributed by atoms with Crippen molar-refractivity contribution in [1.29, 1.82) is 0 Å². The van der Waals surface area contributed by atoms with Crippen LogP contribution in [0.25, 0.3) is 10.2 Å². The molecule has 33 heavy (non-hydrogen) atoms. The lowest BCUT2D eigenvalue weighted by Crippen LogP contribution is -2.57. The lowest BCUT2D eigenvalue weighted by molar-refractivity contribution is -0.135. The van der Waals surface area contributed by atoms with E-state index < -0.39 is 22.0 Å². The highest BCUT2D eigenvalue weighted by molar-refractivity contribution is 7.89. The number of fused-ring (bicyclic) bond motifs is 1. The molecule has 1 fully saturated rings. The number of furan rings is 1. The van der Waals surface area contributed by atoms with E-state index >= 15 is 0 Å². The zero-order valence-electron chi connectivity index (χ0n) is 18.1. The molecule has 0 radical (unpaired) electrons. The molecule has 0 unspecified atom stereocenters. The Kier molecular flexibility index (Phi) is 6.41. The molecule has 2 N–H and O–H groups in total. The first-order valence-electron chi connectivity index (χ1n) is 10.4. The van der Waals surface area contributed by atoms with E-state index in [-0.39, 0.29) is 53.5 Å². The first kappa shape index (κ1) is 23.2. The molecule has 0 spiro atoms. The third-order valence-electron chi connectivity index (χ3n) is 5.54. The molecular weight excluding hydrogens is 468 g/mol. The van der Waals surface area contributed by atoms with E-state index in [1.54, 1.807) is 17.0 Å². The Labute approximate surface area is 194 Å². The Morgan fingerprint density at radius 3 is 2.52 bits per heavy atom. The van der Waals surface area contributed by atoms with Gasteiger partial charge in [-0.1, -0.05) is 25.2 Å². The average molecular weight is 493 g/mol. The lowest BCUT2D eigenvalue weighted by atomic mass is 10.0. The topological polar surface area (TPSA) is 133 Å². The number of benzene rings is 1. The lowest BCUT2D eigenvalue weighted by Gasteiger charge is -2.36. The van der Waals surface area contributed by atoms with Gasteiger partial charge in [-0.15, -0.1) is 0 Å². The molecule has 12 heteroatoms. The van der Waals surface area contributed by atoms with Gasteiger partial charge in [0.05, 0.1) is 21.4 Å². The maximum atomic E-state index is 13.1. The average Bonchev–Trinajstić information content (AvgIpc) is 3.45. The minimum absolute atomic E-state index is 0.107. The van der Waals surface area contributed by atoms with Crippen LogP contribution in [-0.4, -0.2) is 66.6 Å². The molecule has 3 heterocycles. The summed E-state index contributed by atoms with van der Waals surface area (Å²) in [6.07, 6.45) is 1.38. The number of thiazole rings is 1. The van der Waals surface area contributed by atoms with Gasteiger partial charge in [-0.25, -0.2) is 8.42 Å². The van der Waals surface area contributed by atoms with Crippen LogP contribution >= 0.6 is 11.3 Å². The maximum Gasteiger partial charge on any atom is 0.305 e. The summed E-state index contributed by atoms with van der Waals surface area (Å²) >= 11 is 0.955. The molecule has 4 rings (SSSR count). The van der Waals surface area contributed by atoms with E-state index in [1.165, 1.54) is 28.8 Å². The second kappa shape index (κ2) is 9.12. The number of hydrogen-bond donors (Lipinski definition) is 2. The van der Waals surface area contributed by atoms with Crippen LogP contribution in [0.4, 0.5) is 0 Å². The van der Waals surface area contributed by atoms with Gasteiger partial charge in [-0.3, -0.25) is 14.4 Å². The van der Waals surface area contributed by atoms with Gasteiger partial charge >= 0.3 is 4.87 Å². The standard InChI is InChI=1S/C21H24N4O6S2/c1-13(2)18(23-19(26)16-4-3-11-31-16)20(27)24-7-9-25(10-8-24)33(29,30)14-5-6-15-17(12-14)32-21(28)22-15/h3-6,11-13,18H,7-10H2,1-2H3,(H,22,28)(H,23,26)/t18-/m1/s1. The van der Waals surface area contributed by atoms with Crippen molar-refractivity contribution in [3.8, 4) is 0 Å². The fourth-order valence-corrected chi connectivity index (χ4v) is 6.01. The van der Waals surface area contributed by atoms with Gasteiger partial charge < -0.3 is 19.6 Å². The summed E-state index contributed by atoms with van der Waals surface area (Å²) in [5.74, 6) is -0.789. The molecule has 2 aromatic heterocycles. The summed E-state index contributed by atoms with van der Waals surface area (Å²) in [5, 5.41) is 2.72. The Balaban J connectivity index is 1.43. The highest BCUT2D eigenvalue weighted by Crippen LogP contribution is 2.23. The summed E-state index contributed by atoms with van der Waals surface area (Å²) in [7, 11) is -3.77. The summed E-state index contributed by atoms with van der Waals surface area (Å²) in [6.45, 7) is 4.34. The van der Waals surface area contributed by atoms with E-state index in [2.05, 4.69) is 10.3 Å². The smallest absolute Gasteiger partial charge is 0.305 e. The number of aromatic amines is 1. The molecule has 10 nitrogen and oxygen atoms in total. The molecule has 0 saturated carbocycles. The minimum Gasteiger partial charge on any atom is -0.459 e. The largest absolute Gasteiger partial charge is 0.459 e. The SMILES string of the molecule is CC(C)[C@@H](NC(=O)c1ccco1)C(=O)N1CCN(S(=O)(=O)c2ccc3[nH]c(=O)sc3c2)CC1. The molecule has 1 aliphatic heterocycles. The van der Waals surface area contributed by atoms with Gasteiger partial charge in [0.1, 0.15) is 6.04 Å². The third kappa shape index (κ3) is 4.72. The summed E-state index contributed by atoms with van der Waals surface area (Å²) in [4.78, 5) is 41.1. The molecule has 0 bridgehead atoms. The van der Waals surface area contributed by atoms with Crippen LogP contribution in [0.15, 0.2) is 50.7 Å². The van der Waals surface area contributed by atoms with Crippen molar-refractivity contribution in [3.63, 3.8) is 0 Å². The van der Waals surface area contributed by atoms with Crippen LogP contribution in [0, 0.1) is 5.92 Å². The molecular formula is C21H24N4O6S2. The summed E-state index contributed by atoms with van der Waals surface area (Å²) in [5.41, 5.74) is 0.593. The Morgan fingerprint density at radius 1 is 1.15 bits per heavy atom. The van der Waals surface area contributed by atoms with Gasteiger partial charge in [0.2, 0.25) is 15.9 Å². The molecule has 1 aliphatic rings. The van der Waals surface area contributed by atoms with Gasteiger partial charge in [-0.05, 0) is 36.2 Å². The van der Waals surface area contributed by atoms with Crippen molar-refractivity contribution in [2.24, 2.45) is 5.92 Å². The van der Waals surface area contributed by atoms with Crippen molar-refractivity contribution in [1.82, 2.24) is 19.5 Å². The van der Waals surface area contributed by atoms with Crippen molar-refractivity contribution in [2.45, 2.75) is 24.8 Å². The molecule has 1 atom stereocenters. The van der Waals surface area contributed by atoms with Gasteiger partial charge in [0.15, 0.2) is 5.76 Å². The van der Waals surface area contributed by atoms with Crippen molar-refractivity contribution in [2.75, 3.05) is 26.2 Å². The fourth-order valence-electron chi connectivity index (χ4n) is 3.71. The molecule has 3 aromatic rings. The van der Waals surface area contributed by atoms with Gasteiger partial charge in [-0.2, -0.15) is 4.31 Å². The molecule has 1 saturated heterocycles. The monoisotopic (exact) mass is 492 g/mol. The first-order valence-corrected chi connectivity index (χ1v) is 12.7.